The molecule has 102 valence electrons. The van der Waals surface area contributed by atoms with Crippen molar-refractivity contribution in [2.45, 2.75) is 39.2 Å². The van der Waals surface area contributed by atoms with Crippen LogP contribution < -0.4 is 5.32 Å². The molecule has 1 N–H and O–H groups in total. The van der Waals surface area contributed by atoms with Gasteiger partial charge in [-0.15, -0.1) is 0 Å². The Morgan fingerprint density at radius 2 is 1.84 bits per heavy atom. The van der Waals surface area contributed by atoms with E-state index in [1.54, 1.807) is 6.92 Å². The molecule has 0 radical (unpaired) electrons. The van der Waals surface area contributed by atoms with Crippen molar-refractivity contribution in [2.24, 2.45) is 0 Å². The number of carbonyl (C=O) groups is 1. The second-order valence-corrected chi connectivity index (χ2v) is 4.25. The molecule has 1 rings (SSSR count). The minimum Gasteiger partial charge on any atom is -0.456 e. The third-order valence-electron chi connectivity index (χ3n) is 3.04. The SMILES string of the molecule is CCOC(=O)C#CC(CC)(CC)Nc1ccccc1. The highest BCUT2D eigenvalue weighted by molar-refractivity contribution is 5.88. The summed E-state index contributed by atoms with van der Waals surface area (Å²) >= 11 is 0. The summed E-state index contributed by atoms with van der Waals surface area (Å²) in [4.78, 5) is 11.4. The summed E-state index contributed by atoms with van der Waals surface area (Å²) in [5.74, 6) is 5.13. The van der Waals surface area contributed by atoms with Crippen LogP contribution in [0.1, 0.15) is 33.6 Å². The first-order valence-corrected chi connectivity index (χ1v) is 6.69. The Morgan fingerprint density at radius 1 is 1.21 bits per heavy atom. The smallest absolute Gasteiger partial charge is 0.384 e. The minimum atomic E-state index is -0.469. The lowest BCUT2D eigenvalue weighted by atomic mass is 9.93. The van der Waals surface area contributed by atoms with Gasteiger partial charge in [0.2, 0.25) is 0 Å². The molecule has 0 aromatic heterocycles. The van der Waals surface area contributed by atoms with Crippen molar-refractivity contribution < 1.29 is 9.53 Å². The van der Waals surface area contributed by atoms with Gasteiger partial charge in [-0.1, -0.05) is 38.0 Å². The van der Waals surface area contributed by atoms with Crippen molar-refractivity contribution in [2.75, 3.05) is 11.9 Å². The number of ether oxygens (including phenoxy) is 1. The Balaban J connectivity index is 2.88. The van der Waals surface area contributed by atoms with E-state index in [0.717, 1.165) is 18.5 Å². The van der Waals surface area contributed by atoms with E-state index in [4.69, 9.17) is 4.74 Å². The van der Waals surface area contributed by atoms with Gasteiger partial charge in [0.1, 0.15) is 0 Å². The molecule has 0 aliphatic rings. The number of para-hydroxylation sites is 1. The summed E-state index contributed by atoms with van der Waals surface area (Å²) in [6.45, 7) is 6.23. The molecular formula is C16H21NO2. The van der Waals surface area contributed by atoms with Crippen molar-refractivity contribution in [3.63, 3.8) is 0 Å². The van der Waals surface area contributed by atoms with Gasteiger partial charge in [0.25, 0.3) is 0 Å². The monoisotopic (exact) mass is 259 g/mol. The summed E-state index contributed by atoms with van der Waals surface area (Å²) in [7, 11) is 0. The summed E-state index contributed by atoms with van der Waals surface area (Å²) in [6, 6.07) is 9.89. The Labute approximate surface area is 115 Å². The fraction of sp³-hybridized carbons (Fsp3) is 0.438. The first kappa shape index (κ1) is 15.1. The lowest BCUT2D eigenvalue weighted by molar-refractivity contribution is -0.136. The predicted octanol–water partition coefficient (Wildman–Crippen LogP) is 3.22. The highest BCUT2D eigenvalue weighted by Crippen LogP contribution is 2.21. The normalized spacial score (nSPS) is 10.3. The van der Waals surface area contributed by atoms with Crippen LogP contribution in [0.4, 0.5) is 5.69 Å². The zero-order chi connectivity index (χ0) is 14.1. The van der Waals surface area contributed by atoms with Crippen LogP contribution in [0.3, 0.4) is 0 Å². The van der Waals surface area contributed by atoms with E-state index in [0.29, 0.717) is 6.61 Å². The van der Waals surface area contributed by atoms with Crippen molar-refractivity contribution >= 4 is 11.7 Å². The molecule has 3 nitrogen and oxygen atoms in total. The number of anilines is 1. The van der Waals surface area contributed by atoms with Crippen LogP contribution in [-0.2, 0) is 9.53 Å². The summed E-state index contributed by atoms with van der Waals surface area (Å²) in [6.07, 6.45) is 1.62. The van der Waals surface area contributed by atoms with Crippen LogP contribution >= 0.6 is 0 Å². The Bertz CT molecular complexity index is 453. The second kappa shape index (κ2) is 7.48. The molecule has 0 saturated heterocycles. The van der Waals surface area contributed by atoms with Crippen LogP contribution in [0.5, 0.6) is 0 Å². The highest BCUT2D eigenvalue weighted by atomic mass is 16.5. The maximum Gasteiger partial charge on any atom is 0.384 e. The molecule has 0 aliphatic heterocycles. The molecule has 0 spiro atoms. The molecule has 1 aromatic rings. The van der Waals surface area contributed by atoms with Crippen LogP contribution in [0.25, 0.3) is 0 Å². The van der Waals surface area contributed by atoms with Gasteiger partial charge in [0, 0.05) is 11.6 Å². The quantitative estimate of drug-likeness (QED) is 0.501. The van der Waals surface area contributed by atoms with Gasteiger partial charge in [-0.25, -0.2) is 4.79 Å². The van der Waals surface area contributed by atoms with Gasteiger partial charge in [-0.3, -0.25) is 0 Å². The third-order valence-corrected chi connectivity index (χ3v) is 3.04. The molecule has 0 amide bonds. The molecule has 0 unspecified atom stereocenters. The molecule has 0 atom stereocenters. The van der Waals surface area contributed by atoms with Crippen molar-refractivity contribution in [1.29, 1.82) is 0 Å². The number of hydrogen-bond acceptors (Lipinski definition) is 3. The highest BCUT2D eigenvalue weighted by Gasteiger charge is 2.23. The van der Waals surface area contributed by atoms with Gasteiger partial charge < -0.3 is 10.1 Å². The molecular weight excluding hydrogens is 238 g/mol. The van der Waals surface area contributed by atoms with E-state index in [1.165, 1.54) is 0 Å². The number of hydrogen-bond donors (Lipinski definition) is 1. The second-order valence-electron chi connectivity index (χ2n) is 4.25. The van der Waals surface area contributed by atoms with Gasteiger partial charge in [0.15, 0.2) is 0 Å². The number of esters is 1. The van der Waals surface area contributed by atoms with E-state index in [2.05, 4.69) is 31.0 Å². The Morgan fingerprint density at radius 3 is 2.37 bits per heavy atom. The molecule has 19 heavy (non-hydrogen) atoms. The lowest BCUT2D eigenvalue weighted by Gasteiger charge is -2.28. The topological polar surface area (TPSA) is 38.3 Å². The van der Waals surface area contributed by atoms with Gasteiger partial charge in [-0.05, 0) is 31.9 Å². The zero-order valence-electron chi connectivity index (χ0n) is 11.8. The molecule has 3 heteroatoms. The van der Waals surface area contributed by atoms with E-state index in [1.807, 2.05) is 30.3 Å². The fourth-order valence-electron chi connectivity index (χ4n) is 1.77. The van der Waals surface area contributed by atoms with Gasteiger partial charge in [-0.2, -0.15) is 0 Å². The van der Waals surface area contributed by atoms with Crippen molar-refractivity contribution in [1.82, 2.24) is 0 Å². The maximum absolute atomic E-state index is 11.4. The van der Waals surface area contributed by atoms with Crippen molar-refractivity contribution in [3.8, 4) is 11.8 Å². The molecule has 1 aromatic carbocycles. The average molecular weight is 259 g/mol. The van der Waals surface area contributed by atoms with Crippen LogP contribution in [0, 0.1) is 11.8 Å². The van der Waals surface area contributed by atoms with Crippen LogP contribution in [0.2, 0.25) is 0 Å². The van der Waals surface area contributed by atoms with Crippen LogP contribution in [-0.4, -0.2) is 18.1 Å². The zero-order valence-corrected chi connectivity index (χ0v) is 11.8. The molecule has 0 heterocycles. The number of nitrogens with one attached hydrogen (secondary N) is 1. The Kier molecular flexibility index (Phi) is 5.95. The summed E-state index contributed by atoms with van der Waals surface area (Å²) in [5.41, 5.74) is 0.609. The largest absolute Gasteiger partial charge is 0.456 e. The van der Waals surface area contributed by atoms with Crippen molar-refractivity contribution in [3.05, 3.63) is 30.3 Å². The standard InChI is InChI=1S/C16H21NO2/c1-4-16(5-2,13-12-15(18)19-6-3)17-14-10-8-7-9-11-14/h7-11,17H,4-6H2,1-3H3. The van der Waals surface area contributed by atoms with E-state index in [9.17, 15) is 4.79 Å². The van der Waals surface area contributed by atoms with E-state index < -0.39 is 11.5 Å². The van der Waals surface area contributed by atoms with Crippen LogP contribution in [0.15, 0.2) is 30.3 Å². The molecule has 0 aliphatic carbocycles. The molecule has 0 fully saturated rings. The lowest BCUT2D eigenvalue weighted by Crippen LogP contribution is -2.35. The van der Waals surface area contributed by atoms with E-state index in [-0.39, 0.29) is 0 Å². The maximum atomic E-state index is 11.4. The summed E-state index contributed by atoms with van der Waals surface area (Å²) in [5, 5.41) is 3.41. The molecule has 0 bridgehead atoms. The first-order valence-electron chi connectivity index (χ1n) is 6.69. The minimum absolute atomic E-state index is 0.352. The number of benzene rings is 1. The van der Waals surface area contributed by atoms with Gasteiger partial charge in [0.05, 0.1) is 12.1 Å². The number of rotatable bonds is 5. The average Bonchev–Trinajstić information content (AvgIpc) is 2.45. The predicted molar refractivity (Wildman–Crippen MR) is 77.8 cm³/mol. The number of carbonyl (C=O) groups excluding carboxylic acids is 1. The summed E-state index contributed by atoms with van der Waals surface area (Å²) < 4.78 is 4.84. The van der Waals surface area contributed by atoms with E-state index >= 15 is 0 Å². The molecule has 0 saturated carbocycles. The fourth-order valence-corrected chi connectivity index (χ4v) is 1.77. The third kappa shape index (κ3) is 4.67. The van der Waals surface area contributed by atoms with Gasteiger partial charge >= 0.3 is 5.97 Å². The first-order chi connectivity index (χ1) is 9.15. The Hall–Kier alpha value is -1.95.